The molecule has 0 saturated carbocycles. The molecule has 2 aromatic rings. The van der Waals surface area contributed by atoms with Gasteiger partial charge in [0.2, 0.25) is 0 Å². The lowest BCUT2D eigenvalue weighted by Crippen LogP contribution is -2.38. The summed E-state index contributed by atoms with van der Waals surface area (Å²) >= 11 is 0. The summed E-state index contributed by atoms with van der Waals surface area (Å²) in [6.45, 7) is 8.62. The van der Waals surface area contributed by atoms with E-state index in [1.807, 2.05) is 24.3 Å². The lowest BCUT2D eigenvalue weighted by Gasteiger charge is -2.33. The minimum absolute atomic E-state index is 0.801. The summed E-state index contributed by atoms with van der Waals surface area (Å²) in [5.41, 5.74) is 3.02. The number of para-hydroxylation sites is 2. The molecule has 1 fully saturated rings. The smallest absolute Gasteiger partial charge is 0.150 e. The molecule has 0 spiro atoms. The number of fused-ring (bicyclic) bond motifs is 1. The molecule has 21 heavy (non-hydrogen) atoms. The van der Waals surface area contributed by atoms with Gasteiger partial charge in [0.15, 0.2) is 5.82 Å². The molecule has 0 radical (unpaired) electrons. The first kappa shape index (κ1) is 14.3. The average Bonchev–Trinajstić information content (AvgIpc) is 2.53. The zero-order valence-electron chi connectivity index (χ0n) is 13.0. The highest BCUT2D eigenvalue weighted by molar-refractivity contribution is 5.76. The van der Waals surface area contributed by atoms with E-state index in [-0.39, 0.29) is 0 Å². The van der Waals surface area contributed by atoms with Crippen LogP contribution in [-0.2, 0) is 0 Å². The number of rotatable bonds is 4. The quantitative estimate of drug-likeness (QED) is 0.937. The van der Waals surface area contributed by atoms with E-state index < -0.39 is 0 Å². The summed E-state index contributed by atoms with van der Waals surface area (Å²) in [5.74, 6) is 1.87. The van der Waals surface area contributed by atoms with Crippen molar-refractivity contribution in [1.82, 2.24) is 15.3 Å². The number of benzene rings is 1. The number of nitrogens with one attached hydrogen (secondary N) is 1. The first-order chi connectivity index (χ1) is 10.3. The zero-order chi connectivity index (χ0) is 14.7. The van der Waals surface area contributed by atoms with Crippen LogP contribution in [0.15, 0.2) is 24.3 Å². The second kappa shape index (κ2) is 6.39. The normalized spacial score (nSPS) is 16.6. The van der Waals surface area contributed by atoms with Crippen LogP contribution in [0.25, 0.3) is 11.0 Å². The Morgan fingerprint density at radius 1 is 1.14 bits per heavy atom. The van der Waals surface area contributed by atoms with Crippen LogP contribution in [0.2, 0.25) is 0 Å². The Kier molecular flexibility index (Phi) is 4.34. The molecule has 1 aromatic heterocycles. The molecule has 1 aliphatic heterocycles. The van der Waals surface area contributed by atoms with Crippen LogP contribution in [0.4, 0.5) is 5.82 Å². The molecule has 0 unspecified atom stereocenters. The van der Waals surface area contributed by atoms with Crippen molar-refractivity contribution in [3.63, 3.8) is 0 Å². The predicted molar refractivity (Wildman–Crippen MR) is 87.8 cm³/mol. The van der Waals surface area contributed by atoms with Crippen LogP contribution in [0.5, 0.6) is 0 Å². The van der Waals surface area contributed by atoms with Crippen LogP contribution in [-0.4, -0.2) is 36.1 Å². The first-order valence-corrected chi connectivity index (χ1v) is 7.97. The minimum Gasteiger partial charge on any atom is -0.355 e. The Labute approximate surface area is 126 Å². The van der Waals surface area contributed by atoms with E-state index in [1.165, 1.54) is 12.8 Å². The Bertz CT molecular complexity index is 603. The van der Waals surface area contributed by atoms with E-state index in [4.69, 9.17) is 9.97 Å². The van der Waals surface area contributed by atoms with Gasteiger partial charge < -0.3 is 10.2 Å². The van der Waals surface area contributed by atoms with Crippen LogP contribution in [0, 0.1) is 12.8 Å². The summed E-state index contributed by atoms with van der Waals surface area (Å²) in [5, 5.41) is 3.46. The van der Waals surface area contributed by atoms with Gasteiger partial charge in [0.25, 0.3) is 0 Å². The molecule has 0 atom stereocenters. The van der Waals surface area contributed by atoms with E-state index in [0.717, 1.165) is 54.6 Å². The molecule has 112 valence electrons. The minimum atomic E-state index is 0.801. The maximum absolute atomic E-state index is 4.83. The topological polar surface area (TPSA) is 41.0 Å². The standard InChI is InChI=1S/C17H24N4/c1-3-18-12-14-8-10-21(11-9-14)17-13(2)19-15-6-4-5-7-16(15)20-17/h4-7,14,18H,3,8-12H2,1-2H3. The lowest BCUT2D eigenvalue weighted by atomic mass is 9.96. The molecular formula is C17H24N4. The highest BCUT2D eigenvalue weighted by Gasteiger charge is 2.21. The van der Waals surface area contributed by atoms with Gasteiger partial charge in [-0.25, -0.2) is 9.97 Å². The van der Waals surface area contributed by atoms with E-state index in [1.54, 1.807) is 0 Å². The molecule has 0 amide bonds. The zero-order valence-corrected chi connectivity index (χ0v) is 13.0. The fraction of sp³-hybridized carbons (Fsp3) is 0.529. The number of hydrogen-bond acceptors (Lipinski definition) is 4. The fourth-order valence-corrected chi connectivity index (χ4v) is 3.08. The highest BCUT2D eigenvalue weighted by Crippen LogP contribution is 2.25. The van der Waals surface area contributed by atoms with Gasteiger partial charge >= 0.3 is 0 Å². The number of aromatic nitrogens is 2. The van der Waals surface area contributed by atoms with E-state index in [0.29, 0.717) is 0 Å². The fourth-order valence-electron chi connectivity index (χ4n) is 3.08. The van der Waals surface area contributed by atoms with Gasteiger partial charge in [-0.05, 0) is 50.9 Å². The maximum Gasteiger partial charge on any atom is 0.150 e. The molecule has 1 aliphatic rings. The molecule has 1 aromatic carbocycles. The van der Waals surface area contributed by atoms with Crippen molar-refractivity contribution < 1.29 is 0 Å². The molecule has 4 heteroatoms. The molecule has 0 aliphatic carbocycles. The van der Waals surface area contributed by atoms with Crippen LogP contribution in [0.1, 0.15) is 25.5 Å². The summed E-state index contributed by atoms with van der Waals surface area (Å²) < 4.78 is 0. The first-order valence-electron chi connectivity index (χ1n) is 7.97. The van der Waals surface area contributed by atoms with E-state index >= 15 is 0 Å². The second-order valence-electron chi connectivity index (χ2n) is 5.86. The van der Waals surface area contributed by atoms with Crippen LogP contribution >= 0.6 is 0 Å². The SMILES string of the molecule is CCNCC1CCN(c2nc3ccccc3nc2C)CC1. The van der Waals surface area contributed by atoms with Crippen molar-refractivity contribution in [2.24, 2.45) is 5.92 Å². The largest absolute Gasteiger partial charge is 0.355 e. The third-order valence-electron chi connectivity index (χ3n) is 4.32. The number of hydrogen-bond donors (Lipinski definition) is 1. The molecular weight excluding hydrogens is 260 g/mol. The molecule has 4 nitrogen and oxygen atoms in total. The maximum atomic E-state index is 4.83. The van der Waals surface area contributed by atoms with E-state index in [9.17, 15) is 0 Å². The summed E-state index contributed by atoms with van der Waals surface area (Å²) in [4.78, 5) is 11.9. The van der Waals surface area contributed by atoms with Gasteiger partial charge in [-0.1, -0.05) is 19.1 Å². The average molecular weight is 284 g/mol. The van der Waals surface area contributed by atoms with Crippen molar-refractivity contribution in [2.75, 3.05) is 31.1 Å². The van der Waals surface area contributed by atoms with Gasteiger partial charge in [-0.2, -0.15) is 0 Å². The molecule has 2 heterocycles. The van der Waals surface area contributed by atoms with Gasteiger partial charge in [-0.3, -0.25) is 0 Å². The predicted octanol–water partition coefficient (Wildman–Crippen LogP) is 2.76. The third-order valence-corrected chi connectivity index (χ3v) is 4.32. The Balaban J connectivity index is 1.74. The number of piperidine rings is 1. The van der Waals surface area contributed by atoms with Gasteiger partial charge in [0.1, 0.15) is 0 Å². The summed E-state index contributed by atoms with van der Waals surface area (Å²) in [6.07, 6.45) is 2.47. The van der Waals surface area contributed by atoms with Crippen molar-refractivity contribution >= 4 is 16.9 Å². The number of aryl methyl sites for hydroxylation is 1. The Hall–Kier alpha value is -1.68. The lowest BCUT2D eigenvalue weighted by molar-refractivity contribution is 0.385. The molecule has 1 N–H and O–H groups in total. The monoisotopic (exact) mass is 284 g/mol. The van der Waals surface area contributed by atoms with Crippen LogP contribution in [0.3, 0.4) is 0 Å². The van der Waals surface area contributed by atoms with Crippen molar-refractivity contribution in [3.8, 4) is 0 Å². The molecule has 3 rings (SSSR count). The Morgan fingerprint density at radius 3 is 2.48 bits per heavy atom. The third kappa shape index (κ3) is 3.16. The highest BCUT2D eigenvalue weighted by atomic mass is 15.2. The number of nitrogens with zero attached hydrogens (tertiary/aromatic N) is 3. The van der Waals surface area contributed by atoms with Crippen LogP contribution < -0.4 is 10.2 Å². The van der Waals surface area contributed by atoms with Crippen molar-refractivity contribution in [2.45, 2.75) is 26.7 Å². The van der Waals surface area contributed by atoms with Crippen molar-refractivity contribution in [1.29, 1.82) is 0 Å². The van der Waals surface area contributed by atoms with E-state index in [2.05, 4.69) is 24.1 Å². The molecule has 0 bridgehead atoms. The molecule has 1 saturated heterocycles. The summed E-state index contributed by atoms with van der Waals surface area (Å²) in [6, 6.07) is 8.12. The van der Waals surface area contributed by atoms with Gasteiger partial charge in [-0.15, -0.1) is 0 Å². The van der Waals surface area contributed by atoms with Gasteiger partial charge in [0.05, 0.1) is 16.7 Å². The van der Waals surface area contributed by atoms with Crippen molar-refractivity contribution in [3.05, 3.63) is 30.0 Å². The van der Waals surface area contributed by atoms with Gasteiger partial charge in [0, 0.05) is 13.1 Å². The second-order valence-corrected chi connectivity index (χ2v) is 5.86. The summed E-state index contributed by atoms with van der Waals surface area (Å²) in [7, 11) is 0. The number of anilines is 1. The Morgan fingerprint density at radius 2 is 1.81 bits per heavy atom.